The third kappa shape index (κ3) is 5.19. The van der Waals surface area contributed by atoms with Crippen LogP contribution in [0.2, 0.25) is 0 Å². The van der Waals surface area contributed by atoms with Crippen LogP contribution in [0.25, 0.3) is 73.5 Å². The molecule has 0 N–H and O–H groups in total. The molecule has 0 aliphatic carbocycles. The van der Waals surface area contributed by atoms with E-state index < -0.39 is 0 Å². The Morgan fingerprint density at radius 1 is 0.422 bits per heavy atom. The maximum atomic E-state index is 4.83. The van der Waals surface area contributed by atoms with E-state index in [-0.39, 0.29) is 0 Å². The second-order valence-electron chi connectivity index (χ2n) is 11.0. The molecule has 4 nitrogen and oxygen atoms in total. The maximum Gasteiger partial charge on any atom is 0.0894 e. The topological polar surface area (TPSA) is 43.6 Å². The molecule has 45 heavy (non-hydrogen) atoms. The predicted molar refractivity (Wildman–Crippen MR) is 186 cm³/mol. The van der Waals surface area contributed by atoms with Gasteiger partial charge < -0.3 is 4.57 Å². The highest BCUT2D eigenvalue weighted by molar-refractivity contribution is 6.09. The van der Waals surface area contributed by atoms with E-state index in [1.165, 1.54) is 21.8 Å². The molecule has 0 spiro atoms. The number of pyridine rings is 3. The Bertz CT molecular complexity index is 2250. The number of aromatic nitrogens is 4. The average Bonchev–Trinajstić information content (AvgIpc) is 3.46. The summed E-state index contributed by atoms with van der Waals surface area (Å²) in [4.78, 5) is 13.9. The molecule has 0 bridgehead atoms. The first-order chi connectivity index (χ1) is 22.3. The number of hydrogen-bond donors (Lipinski definition) is 0. The molecule has 0 radical (unpaired) electrons. The van der Waals surface area contributed by atoms with Gasteiger partial charge >= 0.3 is 0 Å². The zero-order valence-corrected chi connectivity index (χ0v) is 24.5. The molecule has 4 heterocycles. The summed E-state index contributed by atoms with van der Waals surface area (Å²) < 4.78 is 2.34. The van der Waals surface area contributed by atoms with Crippen molar-refractivity contribution in [2.45, 2.75) is 0 Å². The first-order valence-corrected chi connectivity index (χ1v) is 15.0. The van der Waals surface area contributed by atoms with E-state index in [9.17, 15) is 0 Å². The van der Waals surface area contributed by atoms with E-state index in [1.807, 2.05) is 48.7 Å². The lowest BCUT2D eigenvalue weighted by atomic mass is 10.0. The van der Waals surface area contributed by atoms with E-state index in [4.69, 9.17) is 4.98 Å². The maximum absolute atomic E-state index is 4.83. The summed E-state index contributed by atoms with van der Waals surface area (Å²) >= 11 is 0. The van der Waals surface area contributed by atoms with Crippen LogP contribution in [0.15, 0.2) is 158 Å². The molecular formula is C41H28N4. The monoisotopic (exact) mass is 576 g/mol. The number of hydrogen-bond acceptors (Lipinski definition) is 3. The smallest absolute Gasteiger partial charge is 0.0894 e. The van der Waals surface area contributed by atoms with Crippen LogP contribution in [0.5, 0.6) is 0 Å². The second kappa shape index (κ2) is 11.5. The summed E-state index contributed by atoms with van der Waals surface area (Å²) in [5.41, 5.74) is 11.5. The summed E-state index contributed by atoms with van der Waals surface area (Å²) in [7, 11) is 0. The van der Waals surface area contributed by atoms with Gasteiger partial charge in [-0.25, -0.2) is 4.98 Å². The molecule has 0 atom stereocenters. The van der Waals surface area contributed by atoms with E-state index in [2.05, 4.69) is 130 Å². The Labute approximate surface area is 261 Å². The highest BCUT2D eigenvalue weighted by Gasteiger charge is 2.11. The van der Waals surface area contributed by atoms with Gasteiger partial charge in [0.25, 0.3) is 0 Å². The van der Waals surface area contributed by atoms with Crippen LogP contribution in [-0.4, -0.2) is 19.5 Å². The molecule has 0 fully saturated rings. The lowest BCUT2D eigenvalue weighted by Gasteiger charge is -2.08. The summed E-state index contributed by atoms with van der Waals surface area (Å²) in [6.45, 7) is 0. The van der Waals surface area contributed by atoms with Crippen molar-refractivity contribution >= 4 is 34.0 Å². The molecule has 8 aromatic rings. The third-order valence-corrected chi connectivity index (χ3v) is 8.14. The number of fused-ring (bicyclic) bond motifs is 3. The molecule has 0 saturated carbocycles. The van der Waals surface area contributed by atoms with Crippen molar-refractivity contribution in [1.29, 1.82) is 0 Å². The molecule has 0 aliphatic heterocycles. The number of para-hydroxylation sites is 2. The molecule has 4 heteroatoms. The van der Waals surface area contributed by atoms with Crippen molar-refractivity contribution in [3.8, 4) is 39.6 Å². The minimum absolute atomic E-state index is 0.823. The van der Waals surface area contributed by atoms with Crippen LogP contribution < -0.4 is 0 Å². The second-order valence-corrected chi connectivity index (χ2v) is 11.0. The molecular weight excluding hydrogens is 548 g/mol. The Balaban J connectivity index is 1.01. The van der Waals surface area contributed by atoms with Crippen LogP contribution in [0.3, 0.4) is 0 Å². The third-order valence-electron chi connectivity index (χ3n) is 8.14. The van der Waals surface area contributed by atoms with Crippen molar-refractivity contribution in [3.05, 3.63) is 169 Å². The van der Waals surface area contributed by atoms with E-state index in [1.54, 1.807) is 6.20 Å². The number of nitrogens with zero attached hydrogens (tertiary/aromatic N) is 4. The van der Waals surface area contributed by atoms with Gasteiger partial charge in [-0.15, -0.1) is 0 Å². The summed E-state index contributed by atoms with van der Waals surface area (Å²) in [5.74, 6) is 0. The van der Waals surface area contributed by atoms with Gasteiger partial charge in [0.15, 0.2) is 0 Å². The van der Waals surface area contributed by atoms with Crippen LogP contribution in [0.1, 0.15) is 11.1 Å². The molecule has 0 aliphatic rings. The molecule has 212 valence electrons. The van der Waals surface area contributed by atoms with Crippen LogP contribution in [0, 0.1) is 0 Å². The van der Waals surface area contributed by atoms with E-state index in [0.29, 0.717) is 0 Å². The van der Waals surface area contributed by atoms with E-state index >= 15 is 0 Å². The van der Waals surface area contributed by atoms with E-state index in [0.717, 1.165) is 50.7 Å². The summed E-state index contributed by atoms with van der Waals surface area (Å²) in [6.07, 6.45) is 7.95. The van der Waals surface area contributed by atoms with Crippen molar-refractivity contribution in [3.63, 3.8) is 0 Å². The molecule has 4 aromatic heterocycles. The molecule has 4 aromatic carbocycles. The minimum Gasteiger partial charge on any atom is -0.309 e. The van der Waals surface area contributed by atoms with Crippen molar-refractivity contribution in [1.82, 2.24) is 19.5 Å². The fraction of sp³-hybridized carbons (Fsp3) is 0. The Morgan fingerprint density at radius 2 is 1.00 bits per heavy atom. The van der Waals surface area contributed by atoms with Crippen molar-refractivity contribution in [2.24, 2.45) is 0 Å². The summed E-state index contributed by atoms with van der Waals surface area (Å²) in [6, 6.07) is 50.5. The molecule has 0 amide bonds. The van der Waals surface area contributed by atoms with Crippen LogP contribution >= 0.6 is 0 Å². The van der Waals surface area contributed by atoms with Gasteiger partial charge in [-0.05, 0) is 82.9 Å². The first-order valence-electron chi connectivity index (χ1n) is 15.0. The normalized spacial score (nSPS) is 11.5. The van der Waals surface area contributed by atoms with Crippen molar-refractivity contribution < 1.29 is 0 Å². The Morgan fingerprint density at radius 3 is 1.67 bits per heavy atom. The van der Waals surface area contributed by atoms with Gasteiger partial charge in [0.05, 0.1) is 33.8 Å². The Kier molecular flexibility index (Phi) is 6.78. The average molecular weight is 577 g/mol. The highest BCUT2D eigenvalue weighted by Crippen LogP contribution is 2.32. The van der Waals surface area contributed by atoms with Crippen LogP contribution in [-0.2, 0) is 0 Å². The largest absolute Gasteiger partial charge is 0.309 e. The van der Waals surface area contributed by atoms with Gasteiger partial charge in [0.2, 0.25) is 0 Å². The Hall–Kier alpha value is -6.13. The lowest BCUT2D eigenvalue weighted by Crippen LogP contribution is -1.93. The number of rotatable bonds is 6. The highest BCUT2D eigenvalue weighted by atomic mass is 15.0. The zero-order valence-electron chi connectivity index (χ0n) is 24.5. The van der Waals surface area contributed by atoms with Gasteiger partial charge in [-0.1, -0.05) is 97.1 Å². The SMILES string of the molecule is C(=C\c1ccc(-n2c3ccccc3c3ccccc32)cc1)/c1ccc(-c2ccnc(-c3cccc(-c4ccccn4)n3)c2)cc1. The zero-order chi connectivity index (χ0) is 30.0. The molecule has 8 rings (SSSR count). The minimum atomic E-state index is 0.823. The number of benzene rings is 4. The van der Waals surface area contributed by atoms with Gasteiger partial charge in [-0.2, -0.15) is 0 Å². The molecule has 0 saturated heterocycles. The van der Waals surface area contributed by atoms with Crippen molar-refractivity contribution in [2.75, 3.05) is 0 Å². The fourth-order valence-electron chi connectivity index (χ4n) is 5.90. The van der Waals surface area contributed by atoms with Gasteiger partial charge in [-0.3, -0.25) is 9.97 Å². The first kappa shape index (κ1) is 26.5. The van der Waals surface area contributed by atoms with Crippen LogP contribution in [0.4, 0.5) is 0 Å². The fourth-order valence-corrected chi connectivity index (χ4v) is 5.90. The standard InChI is InChI=1S/C41H28N4/c1-3-13-40-34(8-1)35-9-2-4-14-41(35)45(40)33-23-19-30(20-24-33)16-15-29-17-21-31(22-18-29)32-25-27-43-39(28-32)38-12-7-11-37(44-38)36-10-5-6-26-42-36/h1-28H/b16-15+. The van der Waals surface area contributed by atoms with Gasteiger partial charge in [0.1, 0.15) is 0 Å². The predicted octanol–water partition coefficient (Wildman–Crippen LogP) is 10.1. The quantitative estimate of drug-likeness (QED) is 0.185. The van der Waals surface area contributed by atoms with Gasteiger partial charge in [0, 0.05) is 28.9 Å². The summed E-state index contributed by atoms with van der Waals surface area (Å²) in [5, 5.41) is 2.55. The lowest BCUT2D eigenvalue weighted by molar-refractivity contribution is 1.18. The molecule has 0 unspecified atom stereocenters.